The Morgan fingerprint density at radius 3 is 2.64 bits per heavy atom. The first kappa shape index (κ1) is 23.3. The van der Waals surface area contributed by atoms with E-state index in [4.69, 9.17) is 28.9 Å². The van der Waals surface area contributed by atoms with E-state index in [2.05, 4.69) is 27.1 Å². The molecule has 1 saturated heterocycles. The van der Waals surface area contributed by atoms with Crippen LogP contribution in [0.15, 0.2) is 48.7 Å². The molecule has 0 unspecified atom stereocenters. The highest BCUT2D eigenvalue weighted by Crippen LogP contribution is 2.35. The van der Waals surface area contributed by atoms with Crippen LogP contribution >= 0.6 is 23.2 Å². The monoisotopic (exact) mass is 485 g/mol. The van der Waals surface area contributed by atoms with E-state index in [0.717, 1.165) is 37.3 Å². The molecule has 0 radical (unpaired) electrons. The largest absolute Gasteiger partial charge is 0.478 e. The molecule has 172 valence electrons. The topological polar surface area (TPSA) is 104 Å². The van der Waals surface area contributed by atoms with Gasteiger partial charge in [-0.1, -0.05) is 47.5 Å². The van der Waals surface area contributed by atoms with Crippen LogP contribution in [0.1, 0.15) is 35.7 Å². The number of carboxylic acid groups (broad SMARTS) is 1. The Kier molecular flexibility index (Phi) is 6.74. The first-order chi connectivity index (χ1) is 15.8. The van der Waals surface area contributed by atoms with Gasteiger partial charge in [0.1, 0.15) is 11.5 Å². The van der Waals surface area contributed by atoms with Gasteiger partial charge in [0.15, 0.2) is 5.82 Å². The van der Waals surface area contributed by atoms with Gasteiger partial charge in [-0.15, -0.1) is 0 Å². The van der Waals surface area contributed by atoms with Crippen LogP contribution in [-0.4, -0.2) is 39.7 Å². The second-order valence-corrected chi connectivity index (χ2v) is 9.26. The predicted molar refractivity (Wildman–Crippen MR) is 132 cm³/mol. The van der Waals surface area contributed by atoms with Gasteiger partial charge in [0.2, 0.25) is 0 Å². The molecule has 0 saturated carbocycles. The maximum atomic E-state index is 11.2. The molecule has 0 amide bonds. The average molecular weight is 486 g/mol. The summed E-state index contributed by atoms with van der Waals surface area (Å²) >= 11 is 12.4. The third-order valence-electron chi connectivity index (χ3n) is 6.08. The second-order valence-electron chi connectivity index (χ2n) is 8.47. The van der Waals surface area contributed by atoms with Crippen molar-refractivity contribution < 1.29 is 9.90 Å². The van der Waals surface area contributed by atoms with Crippen molar-refractivity contribution in [1.82, 2.24) is 15.3 Å². The third kappa shape index (κ3) is 5.21. The number of rotatable bonds is 6. The third-order valence-corrected chi connectivity index (χ3v) is 6.90. The lowest BCUT2D eigenvalue weighted by Crippen LogP contribution is -2.51. The number of nitrogens with two attached hydrogens (primary N) is 1. The Labute approximate surface area is 202 Å². The summed E-state index contributed by atoms with van der Waals surface area (Å²) in [6.45, 7) is 4.39. The van der Waals surface area contributed by atoms with E-state index in [0.29, 0.717) is 39.2 Å². The fourth-order valence-electron chi connectivity index (χ4n) is 3.98. The molecule has 0 aliphatic carbocycles. The normalized spacial score (nSPS) is 15.4. The number of nitrogen functional groups attached to an aromatic ring is 1. The molecule has 4 rings (SSSR count). The van der Waals surface area contributed by atoms with Crippen LogP contribution in [0.2, 0.25) is 10.0 Å². The van der Waals surface area contributed by atoms with Crippen molar-refractivity contribution in [2.75, 3.05) is 23.7 Å². The summed E-state index contributed by atoms with van der Waals surface area (Å²) in [6, 6.07) is 12.4. The number of benzene rings is 2. The van der Waals surface area contributed by atoms with Crippen molar-refractivity contribution in [3.8, 4) is 11.3 Å². The van der Waals surface area contributed by atoms with Crippen LogP contribution in [-0.2, 0) is 6.54 Å². The SMILES string of the molecule is CC1(NCc2cccc(C(=O)O)c2)CCN(c2cnc(-c3cccc(Cl)c3Cl)c(N)n2)CC1. The molecule has 4 N–H and O–H groups in total. The van der Waals surface area contributed by atoms with E-state index < -0.39 is 5.97 Å². The fourth-order valence-corrected chi connectivity index (χ4v) is 4.37. The van der Waals surface area contributed by atoms with Gasteiger partial charge >= 0.3 is 5.97 Å². The summed E-state index contributed by atoms with van der Waals surface area (Å²) in [7, 11) is 0. The van der Waals surface area contributed by atoms with Gasteiger partial charge in [-0.05, 0) is 43.5 Å². The van der Waals surface area contributed by atoms with Gasteiger partial charge in [0.25, 0.3) is 0 Å². The van der Waals surface area contributed by atoms with E-state index in [1.54, 1.807) is 36.5 Å². The molecule has 0 atom stereocenters. The zero-order valence-electron chi connectivity index (χ0n) is 18.2. The minimum Gasteiger partial charge on any atom is -0.478 e. The highest BCUT2D eigenvalue weighted by Gasteiger charge is 2.30. The van der Waals surface area contributed by atoms with Gasteiger partial charge in [-0.2, -0.15) is 0 Å². The maximum Gasteiger partial charge on any atom is 0.335 e. The van der Waals surface area contributed by atoms with E-state index in [1.807, 2.05) is 12.1 Å². The number of anilines is 2. The minimum absolute atomic E-state index is 0.0665. The molecule has 1 aliphatic rings. The van der Waals surface area contributed by atoms with Crippen molar-refractivity contribution in [1.29, 1.82) is 0 Å². The lowest BCUT2D eigenvalue weighted by molar-refractivity contribution is 0.0696. The number of piperidine rings is 1. The molecule has 0 bridgehead atoms. The summed E-state index contributed by atoms with van der Waals surface area (Å²) in [4.78, 5) is 22.5. The van der Waals surface area contributed by atoms with Gasteiger partial charge in [0.05, 0.1) is 21.8 Å². The highest BCUT2D eigenvalue weighted by atomic mass is 35.5. The molecule has 2 heterocycles. The quantitative estimate of drug-likeness (QED) is 0.456. The van der Waals surface area contributed by atoms with Gasteiger partial charge in [-0.3, -0.25) is 0 Å². The van der Waals surface area contributed by atoms with Gasteiger partial charge < -0.3 is 21.1 Å². The predicted octanol–water partition coefficient (Wildman–Crippen LogP) is 4.88. The zero-order chi connectivity index (χ0) is 23.6. The van der Waals surface area contributed by atoms with Crippen LogP contribution < -0.4 is 16.0 Å². The Morgan fingerprint density at radius 1 is 1.21 bits per heavy atom. The summed E-state index contributed by atoms with van der Waals surface area (Å²) in [5.74, 6) is 0.118. The van der Waals surface area contributed by atoms with Crippen LogP contribution in [0.25, 0.3) is 11.3 Å². The highest BCUT2D eigenvalue weighted by molar-refractivity contribution is 6.43. The Bertz CT molecular complexity index is 1180. The molecule has 3 aromatic rings. The summed E-state index contributed by atoms with van der Waals surface area (Å²) in [5.41, 5.74) is 8.57. The first-order valence-corrected chi connectivity index (χ1v) is 11.4. The molecule has 1 aromatic heterocycles. The average Bonchev–Trinajstić information content (AvgIpc) is 2.80. The molecule has 33 heavy (non-hydrogen) atoms. The molecular weight excluding hydrogens is 461 g/mol. The number of carbonyl (C=O) groups is 1. The summed E-state index contributed by atoms with van der Waals surface area (Å²) in [5, 5.41) is 13.6. The number of halogens is 2. The molecule has 1 fully saturated rings. The van der Waals surface area contributed by atoms with Crippen molar-refractivity contribution in [2.24, 2.45) is 0 Å². The summed E-state index contributed by atoms with van der Waals surface area (Å²) < 4.78 is 0. The van der Waals surface area contributed by atoms with E-state index in [9.17, 15) is 9.90 Å². The van der Waals surface area contributed by atoms with Crippen LogP contribution in [0.3, 0.4) is 0 Å². The number of nitrogens with one attached hydrogen (secondary N) is 1. The van der Waals surface area contributed by atoms with Crippen LogP contribution in [0.5, 0.6) is 0 Å². The number of aromatic carboxylic acids is 1. The smallest absolute Gasteiger partial charge is 0.335 e. The van der Waals surface area contributed by atoms with Crippen LogP contribution in [0, 0.1) is 0 Å². The Hall–Kier alpha value is -2.87. The number of hydrogen-bond acceptors (Lipinski definition) is 6. The Morgan fingerprint density at radius 2 is 1.94 bits per heavy atom. The van der Waals surface area contributed by atoms with E-state index >= 15 is 0 Å². The van der Waals surface area contributed by atoms with Crippen molar-refractivity contribution in [2.45, 2.75) is 31.8 Å². The maximum absolute atomic E-state index is 11.2. The van der Waals surface area contributed by atoms with Crippen molar-refractivity contribution in [3.63, 3.8) is 0 Å². The lowest BCUT2D eigenvalue weighted by atomic mass is 9.89. The molecule has 9 heteroatoms. The molecule has 7 nitrogen and oxygen atoms in total. The standard InChI is InChI=1S/C24H25Cl2N5O2/c1-24(29-13-15-4-2-5-16(12-15)23(32)33)8-10-31(11-9-24)19-14-28-21(22(27)30-19)17-6-3-7-18(25)20(17)26/h2-7,12,14,29H,8-11,13H2,1H3,(H2,27,30)(H,32,33). The number of nitrogens with zero attached hydrogens (tertiary/aromatic N) is 3. The summed E-state index contributed by atoms with van der Waals surface area (Å²) in [6.07, 6.45) is 3.51. The number of hydrogen-bond donors (Lipinski definition) is 3. The molecular formula is C24H25Cl2N5O2. The Balaban J connectivity index is 1.40. The van der Waals surface area contributed by atoms with Crippen molar-refractivity contribution >= 4 is 40.8 Å². The van der Waals surface area contributed by atoms with Crippen molar-refractivity contribution in [3.05, 3.63) is 69.8 Å². The molecule has 1 aliphatic heterocycles. The first-order valence-electron chi connectivity index (χ1n) is 10.6. The van der Waals surface area contributed by atoms with Crippen LogP contribution in [0.4, 0.5) is 11.6 Å². The van der Waals surface area contributed by atoms with Gasteiger partial charge in [-0.25, -0.2) is 14.8 Å². The second kappa shape index (κ2) is 9.55. The number of aromatic nitrogens is 2. The lowest BCUT2D eigenvalue weighted by Gasteiger charge is -2.40. The van der Waals surface area contributed by atoms with E-state index in [1.165, 1.54) is 0 Å². The zero-order valence-corrected chi connectivity index (χ0v) is 19.7. The minimum atomic E-state index is -0.916. The van der Waals surface area contributed by atoms with Gasteiger partial charge in [0, 0.05) is 30.7 Å². The fraction of sp³-hybridized carbons (Fsp3) is 0.292. The number of carboxylic acids is 1. The molecule has 0 spiro atoms. The van der Waals surface area contributed by atoms with E-state index in [-0.39, 0.29) is 5.54 Å². The molecule has 2 aromatic carbocycles.